The topological polar surface area (TPSA) is 127 Å². The van der Waals surface area contributed by atoms with Crippen LogP contribution in [0.2, 0.25) is 0 Å². The molecule has 9 heteroatoms. The van der Waals surface area contributed by atoms with Crippen LogP contribution in [0, 0.1) is 5.92 Å². The van der Waals surface area contributed by atoms with E-state index >= 15 is 0 Å². The number of carbonyl (C=O) groups is 3. The minimum absolute atomic E-state index is 0.156. The van der Waals surface area contributed by atoms with Crippen molar-refractivity contribution in [2.75, 3.05) is 0 Å². The number of Topliss-reactive ketones (excluding diaryl/α,β-unsaturated/α-hetero) is 1. The molecule has 4 N–H and O–H groups in total. The zero-order chi connectivity index (χ0) is 24.0. The largest absolute Gasteiger partial charge is 0.344 e. The predicted molar refractivity (Wildman–Crippen MR) is 130 cm³/mol. The number of hydrogen-bond donors (Lipinski definition) is 3. The third kappa shape index (κ3) is 6.23. The van der Waals surface area contributed by atoms with Gasteiger partial charge >= 0.3 is 0 Å². The number of nitrogens with zero attached hydrogens (tertiary/aromatic N) is 2. The van der Waals surface area contributed by atoms with E-state index in [1.54, 1.807) is 0 Å². The van der Waals surface area contributed by atoms with Crippen molar-refractivity contribution in [3.05, 3.63) is 64.7 Å². The first kappa shape index (κ1) is 24.1. The Bertz CT molecular complexity index is 1150. The molecule has 8 nitrogen and oxygen atoms in total. The Balaban J connectivity index is 1.92. The molecule has 3 aromatic rings. The van der Waals surface area contributed by atoms with E-state index < -0.39 is 18.0 Å². The normalized spacial score (nSPS) is 13.2. The summed E-state index contributed by atoms with van der Waals surface area (Å²) in [6.07, 6.45) is 1.76. The molecule has 1 unspecified atom stereocenters. The van der Waals surface area contributed by atoms with E-state index in [2.05, 4.69) is 20.7 Å². The Kier molecular flexibility index (Phi) is 7.89. The number of amides is 2. The molecule has 0 radical (unpaired) electrons. The number of hydrogen-bond acceptors (Lipinski definition) is 7. The molecule has 0 spiro atoms. The van der Waals surface area contributed by atoms with Crippen LogP contribution in [0.5, 0.6) is 0 Å². The van der Waals surface area contributed by atoms with Crippen molar-refractivity contribution in [3.63, 3.8) is 0 Å². The first-order chi connectivity index (χ1) is 15.8. The summed E-state index contributed by atoms with van der Waals surface area (Å²) in [5.41, 5.74) is 2.34. The first-order valence-corrected chi connectivity index (χ1v) is 11.4. The molecule has 1 heterocycles. The Hall–Kier alpha value is -3.59. The Labute approximate surface area is 196 Å². The summed E-state index contributed by atoms with van der Waals surface area (Å²) >= 11 is 1.29. The number of para-hydroxylation sites is 1. The predicted octanol–water partition coefficient (Wildman–Crippen LogP) is 2.66. The van der Waals surface area contributed by atoms with Crippen LogP contribution < -0.4 is 16.5 Å². The maximum atomic E-state index is 13.5. The molecule has 0 saturated heterocycles. The Morgan fingerprint density at radius 3 is 2.55 bits per heavy atom. The molecule has 2 atom stereocenters. The number of rotatable bonds is 9. The molecule has 0 fully saturated rings. The smallest absolute Gasteiger partial charge is 0.243 e. The molecular weight excluding hydrogens is 438 g/mol. The van der Waals surface area contributed by atoms with Gasteiger partial charge in [-0.1, -0.05) is 50.2 Å². The number of carbonyl (C=O) groups excluding carboxylic acids is 3. The number of fused-ring (bicyclic) bond motifs is 1. The third-order valence-electron chi connectivity index (χ3n) is 5.06. The summed E-state index contributed by atoms with van der Waals surface area (Å²) in [6.45, 7) is 5.03. The van der Waals surface area contributed by atoms with Crippen LogP contribution in [0.25, 0.3) is 10.2 Å². The molecule has 2 aromatic carbocycles. The summed E-state index contributed by atoms with van der Waals surface area (Å²) in [5, 5.41) is 9.38. The van der Waals surface area contributed by atoms with Crippen molar-refractivity contribution < 1.29 is 14.4 Å². The maximum absolute atomic E-state index is 13.5. The lowest BCUT2D eigenvalue weighted by Crippen LogP contribution is -2.53. The van der Waals surface area contributed by atoms with Gasteiger partial charge in [-0.05, 0) is 29.2 Å². The van der Waals surface area contributed by atoms with Gasteiger partial charge in [0.15, 0.2) is 5.01 Å². The minimum atomic E-state index is -0.863. The summed E-state index contributed by atoms with van der Waals surface area (Å²) in [5.74, 6) is 4.09. The van der Waals surface area contributed by atoms with Gasteiger partial charge in [-0.25, -0.2) is 4.98 Å². The number of ketones is 1. The lowest BCUT2D eigenvalue weighted by Gasteiger charge is -2.24. The van der Waals surface area contributed by atoms with E-state index in [1.165, 1.54) is 24.5 Å². The van der Waals surface area contributed by atoms with Crippen LogP contribution in [-0.2, 0) is 16.0 Å². The Morgan fingerprint density at radius 2 is 1.88 bits per heavy atom. The highest BCUT2D eigenvalue weighted by Crippen LogP contribution is 2.23. The molecule has 0 aliphatic rings. The molecule has 1 aromatic heterocycles. The third-order valence-corrected chi connectivity index (χ3v) is 6.11. The standard InChI is InChI=1S/C24H27N5O3S/c1-14(2)21(27-15(3)30)23(32)28-19(12-16-7-6-8-17(11-16)13-26-25)22(31)24-29-18-9-4-5-10-20(18)33-24/h4-11,13-14,19,21H,12,25H2,1-3H3,(H,27,30)(H,28,32)/t19?,21-/m0/s1. The van der Waals surface area contributed by atoms with Crippen molar-refractivity contribution in [3.8, 4) is 0 Å². The number of benzene rings is 2. The fourth-order valence-corrected chi connectivity index (χ4v) is 4.43. The zero-order valence-electron chi connectivity index (χ0n) is 18.7. The number of thiazole rings is 1. The average molecular weight is 466 g/mol. The minimum Gasteiger partial charge on any atom is -0.344 e. The summed E-state index contributed by atoms with van der Waals surface area (Å²) < 4.78 is 0.894. The van der Waals surface area contributed by atoms with Crippen LogP contribution >= 0.6 is 11.3 Å². The monoisotopic (exact) mass is 465 g/mol. The quantitative estimate of drug-likeness (QED) is 0.194. The van der Waals surface area contributed by atoms with Crippen LogP contribution in [0.1, 0.15) is 41.7 Å². The van der Waals surface area contributed by atoms with Crippen LogP contribution in [0.4, 0.5) is 0 Å². The van der Waals surface area contributed by atoms with Crippen molar-refractivity contribution in [1.82, 2.24) is 15.6 Å². The molecule has 2 amide bonds. The fourth-order valence-electron chi connectivity index (χ4n) is 3.47. The highest BCUT2D eigenvalue weighted by atomic mass is 32.1. The molecule has 33 heavy (non-hydrogen) atoms. The van der Waals surface area contributed by atoms with Gasteiger partial charge in [0.2, 0.25) is 17.6 Å². The molecule has 3 rings (SSSR count). The van der Waals surface area contributed by atoms with E-state index in [0.717, 1.165) is 21.3 Å². The first-order valence-electron chi connectivity index (χ1n) is 10.6. The van der Waals surface area contributed by atoms with Gasteiger partial charge in [-0.3, -0.25) is 14.4 Å². The molecule has 0 bridgehead atoms. The lowest BCUT2D eigenvalue weighted by atomic mass is 9.98. The maximum Gasteiger partial charge on any atom is 0.243 e. The van der Waals surface area contributed by atoms with Gasteiger partial charge in [0, 0.05) is 13.3 Å². The zero-order valence-corrected chi connectivity index (χ0v) is 19.6. The van der Waals surface area contributed by atoms with Crippen molar-refractivity contribution in [2.24, 2.45) is 16.9 Å². The SMILES string of the molecule is CC(=O)N[C@H](C(=O)NC(Cc1cccc(C=NN)c1)C(=O)c1nc2ccccc2s1)C(C)C. The molecular formula is C24H27N5O3S. The second-order valence-corrected chi connectivity index (χ2v) is 9.09. The van der Waals surface area contributed by atoms with Crippen molar-refractivity contribution in [1.29, 1.82) is 0 Å². The molecule has 0 saturated carbocycles. The number of aromatic nitrogens is 1. The molecule has 0 aliphatic carbocycles. The van der Waals surface area contributed by atoms with Gasteiger partial charge < -0.3 is 16.5 Å². The van der Waals surface area contributed by atoms with Crippen molar-refractivity contribution >= 4 is 45.4 Å². The second-order valence-electron chi connectivity index (χ2n) is 8.06. The second kappa shape index (κ2) is 10.8. The fraction of sp³-hybridized carbons (Fsp3) is 0.292. The van der Waals surface area contributed by atoms with E-state index in [4.69, 9.17) is 5.84 Å². The average Bonchev–Trinajstić information content (AvgIpc) is 3.21. The van der Waals surface area contributed by atoms with Gasteiger partial charge in [0.1, 0.15) is 6.04 Å². The van der Waals surface area contributed by atoms with Crippen LogP contribution in [0.15, 0.2) is 53.6 Å². The van der Waals surface area contributed by atoms with Gasteiger partial charge in [0.25, 0.3) is 0 Å². The number of nitrogens with one attached hydrogen (secondary N) is 2. The van der Waals surface area contributed by atoms with Crippen molar-refractivity contribution in [2.45, 2.75) is 39.3 Å². The highest BCUT2D eigenvalue weighted by Gasteiger charge is 2.30. The van der Waals surface area contributed by atoms with E-state index in [0.29, 0.717) is 5.01 Å². The lowest BCUT2D eigenvalue weighted by molar-refractivity contribution is -0.129. The number of nitrogens with two attached hydrogens (primary N) is 1. The van der Waals surface area contributed by atoms with E-state index in [9.17, 15) is 14.4 Å². The summed E-state index contributed by atoms with van der Waals surface area (Å²) in [7, 11) is 0. The number of hydrazone groups is 1. The molecule has 0 aliphatic heterocycles. The van der Waals surface area contributed by atoms with Crippen LogP contribution in [-0.4, -0.2) is 40.9 Å². The van der Waals surface area contributed by atoms with Gasteiger partial charge in [-0.15, -0.1) is 11.3 Å². The molecule has 172 valence electrons. The Morgan fingerprint density at radius 1 is 1.12 bits per heavy atom. The summed E-state index contributed by atoms with van der Waals surface area (Å²) in [6, 6.07) is 13.3. The summed E-state index contributed by atoms with van der Waals surface area (Å²) in [4.78, 5) is 42.6. The highest BCUT2D eigenvalue weighted by molar-refractivity contribution is 7.20. The van der Waals surface area contributed by atoms with Crippen LogP contribution in [0.3, 0.4) is 0 Å². The van der Waals surface area contributed by atoms with E-state index in [1.807, 2.05) is 62.4 Å². The van der Waals surface area contributed by atoms with Gasteiger partial charge in [0.05, 0.1) is 22.5 Å². The van der Waals surface area contributed by atoms with Gasteiger partial charge in [-0.2, -0.15) is 5.10 Å². The van der Waals surface area contributed by atoms with E-state index in [-0.39, 0.29) is 24.0 Å².